The first-order valence-corrected chi connectivity index (χ1v) is 11.8. The van der Waals surface area contributed by atoms with Gasteiger partial charge in [-0.15, -0.1) is 24.0 Å². The van der Waals surface area contributed by atoms with E-state index < -0.39 is 10.0 Å². The van der Waals surface area contributed by atoms with Gasteiger partial charge in [-0.3, -0.25) is 4.99 Å². The lowest BCUT2D eigenvalue weighted by Gasteiger charge is -2.33. The summed E-state index contributed by atoms with van der Waals surface area (Å²) in [6.07, 6.45) is 5.09. The number of sulfonamides is 1. The molecule has 29 heavy (non-hydrogen) atoms. The van der Waals surface area contributed by atoms with Crippen LogP contribution >= 0.6 is 24.0 Å². The molecule has 0 aromatic heterocycles. The van der Waals surface area contributed by atoms with Crippen molar-refractivity contribution >= 4 is 40.0 Å². The summed E-state index contributed by atoms with van der Waals surface area (Å²) >= 11 is 0. The Hall–Kier alpha value is -0.910. The molecule has 2 rings (SSSR count). The summed E-state index contributed by atoms with van der Waals surface area (Å²) in [5.41, 5.74) is 1.85. The van der Waals surface area contributed by atoms with Gasteiger partial charge in [0.2, 0.25) is 10.0 Å². The standard InChI is InChI=1S/C20H35N5O2S.HI/c1-17-7-4-5-13-25(17)14-6-12-23-20(21-2)24-15-18-8-10-19(11-9-18)16-28(26,27)22-3;/h8-11,17,22H,4-7,12-16H2,1-3H3,(H2,21,23,24);1H. The second-order valence-corrected chi connectivity index (χ2v) is 9.29. The number of benzene rings is 1. The molecule has 1 heterocycles. The molecule has 3 N–H and O–H groups in total. The van der Waals surface area contributed by atoms with E-state index in [1.807, 2.05) is 24.3 Å². The Morgan fingerprint density at radius 2 is 1.86 bits per heavy atom. The zero-order valence-electron chi connectivity index (χ0n) is 17.8. The third kappa shape index (κ3) is 9.63. The number of piperidine rings is 1. The van der Waals surface area contributed by atoms with Crippen molar-refractivity contribution in [2.24, 2.45) is 4.99 Å². The molecule has 1 saturated heterocycles. The Morgan fingerprint density at radius 1 is 1.17 bits per heavy atom. The fourth-order valence-corrected chi connectivity index (χ4v) is 4.21. The monoisotopic (exact) mass is 537 g/mol. The predicted molar refractivity (Wildman–Crippen MR) is 131 cm³/mol. The van der Waals surface area contributed by atoms with Crippen molar-refractivity contribution in [2.75, 3.05) is 33.7 Å². The van der Waals surface area contributed by atoms with Crippen molar-refractivity contribution in [3.05, 3.63) is 35.4 Å². The number of halogens is 1. The molecule has 1 fully saturated rings. The van der Waals surface area contributed by atoms with Gasteiger partial charge in [0.1, 0.15) is 0 Å². The first-order valence-electron chi connectivity index (χ1n) is 10.1. The molecule has 0 bridgehead atoms. The lowest BCUT2D eigenvalue weighted by molar-refractivity contribution is 0.159. The molecule has 166 valence electrons. The van der Waals surface area contributed by atoms with Gasteiger partial charge < -0.3 is 15.5 Å². The van der Waals surface area contributed by atoms with E-state index in [0.717, 1.165) is 36.6 Å². The van der Waals surface area contributed by atoms with Gasteiger partial charge in [0.05, 0.1) is 5.75 Å². The summed E-state index contributed by atoms with van der Waals surface area (Å²) in [6, 6.07) is 8.29. The van der Waals surface area contributed by atoms with Crippen molar-refractivity contribution in [1.29, 1.82) is 0 Å². The van der Waals surface area contributed by atoms with Crippen molar-refractivity contribution in [2.45, 2.75) is 50.9 Å². The quantitative estimate of drug-likeness (QED) is 0.195. The Morgan fingerprint density at radius 3 is 2.48 bits per heavy atom. The van der Waals surface area contributed by atoms with Crippen LogP contribution in [0, 0.1) is 0 Å². The van der Waals surface area contributed by atoms with Crippen LogP contribution in [0.2, 0.25) is 0 Å². The van der Waals surface area contributed by atoms with Crippen LogP contribution in [0.25, 0.3) is 0 Å². The normalized spacial score (nSPS) is 18.2. The molecule has 0 amide bonds. The van der Waals surface area contributed by atoms with E-state index in [-0.39, 0.29) is 29.7 Å². The second kappa shape index (κ2) is 13.4. The predicted octanol–water partition coefficient (Wildman–Crippen LogP) is 2.28. The van der Waals surface area contributed by atoms with Gasteiger partial charge in [-0.25, -0.2) is 13.1 Å². The number of hydrogen-bond donors (Lipinski definition) is 3. The van der Waals surface area contributed by atoms with Gasteiger partial charge in [-0.1, -0.05) is 30.7 Å². The molecule has 1 atom stereocenters. The Balaban J connectivity index is 0.00000420. The minimum Gasteiger partial charge on any atom is -0.356 e. The van der Waals surface area contributed by atoms with Crippen LogP contribution in [0.5, 0.6) is 0 Å². The lowest BCUT2D eigenvalue weighted by Crippen LogP contribution is -2.41. The zero-order chi connectivity index (χ0) is 20.4. The van der Waals surface area contributed by atoms with Gasteiger partial charge in [-0.05, 0) is 50.9 Å². The molecule has 1 aromatic rings. The maximum atomic E-state index is 11.6. The van der Waals surface area contributed by atoms with Gasteiger partial charge in [0.15, 0.2) is 5.96 Å². The number of nitrogens with one attached hydrogen (secondary N) is 3. The lowest BCUT2D eigenvalue weighted by atomic mass is 10.0. The molecule has 7 nitrogen and oxygen atoms in total. The van der Waals surface area contributed by atoms with Crippen LogP contribution < -0.4 is 15.4 Å². The topological polar surface area (TPSA) is 85.8 Å². The van der Waals surface area contributed by atoms with E-state index in [0.29, 0.717) is 12.6 Å². The smallest absolute Gasteiger partial charge is 0.215 e. The molecule has 0 aliphatic carbocycles. The van der Waals surface area contributed by atoms with Crippen molar-refractivity contribution < 1.29 is 8.42 Å². The van der Waals surface area contributed by atoms with E-state index in [9.17, 15) is 8.42 Å². The summed E-state index contributed by atoms with van der Waals surface area (Å²) in [5.74, 6) is 0.782. The summed E-state index contributed by atoms with van der Waals surface area (Å²) in [7, 11) is -0.0364. The number of rotatable bonds is 9. The fourth-order valence-electron chi connectivity index (χ4n) is 3.43. The third-order valence-corrected chi connectivity index (χ3v) is 6.56. The van der Waals surface area contributed by atoms with Gasteiger partial charge in [0.25, 0.3) is 0 Å². The Labute approximate surface area is 193 Å². The first-order chi connectivity index (χ1) is 13.4. The minimum atomic E-state index is -3.24. The van der Waals surface area contributed by atoms with Gasteiger partial charge in [0, 0.05) is 32.7 Å². The second-order valence-electron chi connectivity index (χ2n) is 7.37. The molecule has 1 unspecified atom stereocenters. The van der Waals surface area contributed by atoms with Crippen LogP contribution in [-0.2, 0) is 22.3 Å². The van der Waals surface area contributed by atoms with E-state index in [4.69, 9.17) is 0 Å². The maximum Gasteiger partial charge on any atom is 0.215 e. The van der Waals surface area contributed by atoms with E-state index >= 15 is 0 Å². The minimum absolute atomic E-state index is 0. The van der Waals surface area contributed by atoms with Crippen LogP contribution in [0.1, 0.15) is 43.7 Å². The highest BCUT2D eigenvalue weighted by molar-refractivity contribution is 14.0. The van der Waals surface area contributed by atoms with Gasteiger partial charge in [-0.2, -0.15) is 0 Å². The van der Waals surface area contributed by atoms with Crippen LogP contribution in [0.3, 0.4) is 0 Å². The van der Waals surface area contributed by atoms with E-state index in [1.54, 1.807) is 7.05 Å². The SMILES string of the molecule is CN=C(NCCCN1CCCCC1C)NCc1ccc(CS(=O)(=O)NC)cc1.I. The van der Waals surface area contributed by atoms with Crippen LogP contribution in [0.4, 0.5) is 0 Å². The number of guanidine groups is 1. The molecule has 0 radical (unpaired) electrons. The first kappa shape index (κ1) is 26.1. The third-order valence-electron chi connectivity index (χ3n) is 5.23. The maximum absolute atomic E-state index is 11.6. The highest BCUT2D eigenvalue weighted by atomic mass is 127. The molecular formula is C20H36IN5O2S. The molecule has 0 spiro atoms. The summed E-state index contributed by atoms with van der Waals surface area (Å²) in [4.78, 5) is 6.85. The fraction of sp³-hybridized carbons (Fsp3) is 0.650. The molecule has 9 heteroatoms. The Kier molecular flexibility index (Phi) is 12.1. The summed E-state index contributed by atoms with van der Waals surface area (Å²) in [5, 5.41) is 6.68. The van der Waals surface area contributed by atoms with Crippen LogP contribution in [-0.4, -0.2) is 59.0 Å². The molecule has 1 aromatic carbocycles. The Bertz CT molecular complexity index is 725. The molecule has 1 aliphatic heterocycles. The molecule has 1 aliphatic rings. The number of nitrogens with zero attached hydrogens (tertiary/aromatic N) is 2. The van der Waals surface area contributed by atoms with Crippen molar-refractivity contribution in [3.63, 3.8) is 0 Å². The number of aliphatic imine (C=N–C) groups is 1. The average Bonchev–Trinajstić information content (AvgIpc) is 2.69. The summed E-state index contributed by atoms with van der Waals surface area (Å²) in [6.45, 7) is 6.21. The highest BCUT2D eigenvalue weighted by Gasteiger charge is 2.17. The van der Waals surface area contributed by atoms with E-state index in [2.05, 4.69) is 32.2 Å². The average molecular weight is 538 g/mol. The largest absolute Gasteiger partial charge is 0.356 e. The highest BCUT2D eigenvalue weighted by Crippen LogP contribution is 2.16. The number of likely N-dealkylation sites (tertiary alicyclic amines) is 1. The molecule has 0 saturated carbocycles. The van der Waals surface area contributed by atoms with Crippen LogP contribution in [0.15, 0.2) is 29.3 Å². The summed E-state index contributed by atoms with van der Waals surface area (Å²) < 4.78 is 25.5. The van der Waals surface area contributed by atoms with Gasteiger partial charge >= 0.3 is 0 Å². The zero-order valence-corrected chi connectivity index (χ0v) is 20.9. The van der Waals surface area contributed by atoms with Crippen molar-refractivity contribution in [3.8, 4) is 0 Å². The van der Waals surface area contributed by atoms with E-state index in [1.165, 1.54) is 32.9 Å². The molecular weight excluding hydrogens is 501 g/mol. The van der Waals surface area contributed by atoms with Crippen molar-refractivity contribution in [1.82, 2.24) is 20.3 Å². The number of hydrogen-bond acceptors (Lipinski definition) is 4.